The molecule has 100 valence electrons. The van der Waals surface area contributed by atoms with E-state index in [0.29, 0.717) is 0 Å². The van der Waals surface area contributed by atoms with Gasteiger partial charge in [0.25, 0.3) is 0 Å². The lowest BCUT2D eigenvalue weighted by Crippen LogP contribution is -2.41. The maximum Gasteiger partial charge on any atom is 0.239 e. The van der Waals surface area contributed by atoms with E-state index >= 15 is 0 Å². The van der Waals surface area contributed by atoms with E-state index in [4.69, 9.17) is 5.73 Å². The van der Waals surface area contributed by atoms with Gasteiger partial charge in [-0.25, -0.2) is 0 Å². The average molecular weight is 334 g/mol. The molecule has 0 spiro atoms. The van der Waals surface area contributed by atoms with Gasteiger partial charge in [-0.15, -0.1) is 12.4 Å². The lowest BCUT2D eigenvalue weighted by Gasteiger charge is -2.26. The second-order valence-corrected chi connectivity index (χ2v) is 5.45. The third kappa shape index (κ3) is 3.25. The standard InChI is InChI=1S/C13H17BrN2O.ClH/c1-9(15)13(17)16-7-3-6-12(16)10-4-2-5-11(14)8-10;/h2,4-5,8-9,12H,3,6-7,15H2,1H3;1H. The van der Waals surface area contributed by atoms with Crippen LogP contribution in [0.3, 0.4) is 0 Å². The highest BCUT2D eigenvalue weighted by Gasteiger charge is 2.31. The van der Waals surface area contributed by atoms with Crippen LogP contribution >= 0.6 is 28.3 Å². The summed E-state index contributed by atoms with van der Waals surface area (Å²) < 4.78 is 1.05. The molecule has 5 heteroatoms. The fraction of sp³-hybridized carbons (Fsp3) is 0.462. The monoisotopic (exact) mass is 332 g/mol. The number of rotatable bonds is 2. The number of halogens is 2. The van der Waals surface area contributed by atoms with E-state index in [-0.39, 0.29) is 24.4 Å². The van der Waals surface area contributed by atoms with Crippen LogP contribution in [0.15, 0.2) is 28.7 Å². The molecule has 1 fully saturated rings. The van der Waals surface area contributed by atoms with Crippen molar-refractivity contribution < 1.29 is 4.79 Å². The maximum absolute atomic E-state index is 12.0. The highest BCUT2D eigenvalue weighted by molar-refractivity contribution is 9.10. The predicted octanol–water partition coefficient (Wildman–Crippen LogP) is 2.88. The highest BCUT2D eigenvalue weighted by Crippen LogP contribution is 2.33. The van der Waals surface area contributed by atoms with Gasteiger partial charge in [0.1, 0.15) is 0 Å². The van der Waals surface area contributed by atoms with E-state index in [0.717, 1.165) is 23.9 Å². The molecule has 0 saturated carbocycles. The summed E-state index contributed by atoms with van der Waals surface area (Å²) in [7, 11) is 0. The first-order valence-electron chi connectivity index (χ1n) is 5.91. The largest absolute Gasteiger partial charge is 0.334 e. The van der Waals surface area contributed by atoms with Gasteiger partial charge in [0, 0.05) is 11.0 Å². The van der Waals surface area contributed by atoms with Crippen LogP contribution in [-0.4, -0.2) is 23.4 Å². The molecule has 1 saturated heterocycles. The molecule has 1 aliphatic heterocycles. The van der Waals surface area contributed by atoms with Crippen molar-refractivity contribution in [3.63, 3.8) is 0 Å². The minimum atomic E-state index is -0.414. The number of amides is 1. The molecule has 1 aromatic carbocycles. The van der Waals surface area contributed by atoms with Gasteiger partial charge in [-0.1, -0.05) is 28.1 Å². The smallest absolute Gasteiger partial charge is 0.239 e. The molecule has 1 aliphatic rings. The third-order valence-corrected chi connectivity index (χ3v) is 3.65. The van der Waals surface area contributed by atoms with Crippen molar-refractivity contribution in [2.24, 2.45) is 5.73 Å². The minimum Gasteiger partial charge on any atom is -0.334 e. The Kier molecular flexibility index (Phi) is 5.63. The summed E-state index contributed by atoms with van der Waals surface area (Å²) in [4.78, 5) is 13.9. The quantitative estimate of drug-likeness (QED) is 0.904. The first-order chi connectivity index (χ1) is 8.09. The Labute approximate surface area is 122 Å². The molecule has 0 aromatic heterocycles. The molecule has 2 rings (SSSR count). The Balaban J connectivity index is 0.00000162. The molecule has 2 N–H and O–H groups in total. The molecule has 18 heavy (non-hydrogen) atoms. The Bertz CT molecular complexity index is 425. The van der Waals surface area contributed by atoms with Crippen molar-refractivity contribution in [1.29, 1.82) is 0 Å². The van der Waals surface area contributed by atoms with E-state index in [9.17, 15) is 4.79 Å². The van der Waals surface area contributed by atoms with Crippen molar-refractivity contribution in [3.8, 4) is 0 Å². The number of likely N-dealkylation sites (tertiary alicyclic amines) is 1. The van der Waals surface area contributed by atoms with Gasteiger partial charge in [-0.05, 0) is 37.5 Å². The fourth-order valence-corrected chi connectivity index (χ4v) is 2.77. The first-order valence-corrected chi connectivity index (χ1v) is 6.70. The summed E-state index contributed by atoms with van der Waals surface area (Å²) in [5, 5.41) is 0. The van der Waals surface area contributed by atoms with Crippen LogP contribution in [0.25, 0.3) is 0 Å². The first kappa shape index (κ1) is 15.5. The van der Waals surface area contributed by atoms with Crippen LogP contribution in [0, 0.1) is 0 Å². The van der Waals surface area contributed by atoms with Gasteiger partial charge < -0.3 is 10.6 Å². The van der Waals surface area contributed by atoms with E-state index in [1.54, 1.807) is 6.92 Å². The van der Waals surface area contributed by atoms with Gasteiger partial charge in [0.15, 0.2) is 0 Å². The molecular formula is C13H18BrClN2O. The summed E-state index contributed by atoms with van der Waals surface area (Å²) in [6.45, 7) is 2.57. The Morgan fingerprint density at radius 3 is 2.89 bits per heavy atom. The van der Waals surface area contributed by atoms with Gasteiger partial charge in [-0.3, -0.25) is 4.79 Å². The SMILES string of the molecule is CC(N)C(=O)N1CCCC1c1cccc(Br)c1.Cl. The van der Waals surface area contributed by atoms with Crippen molar-refractivity contribution in [2.75, 3.05) is 6.54 Å². The summed E-state index contributed by atoms with van der Waals surface area (Å²) in [5.74, 6) is 0.0486. The van der Waals surface area contributed by atoms with E-state index in [2.05, 4.69) is 28.1 Å². The lowest BCUT2D eigenvalue weighted by atomic mass is 10.0. The maximum atomic E-state index is 12.0. The number of carbonyl (C=O) groups is 1. The minimum absolute atomic E-state index is 0. The zero-order valence-corrected chi connectivity index (χ0v) is 12.7. The molecule has 3 nitrogen and oxygen atoms in total. The molecule has 2 unspecified atom stereocenters. The molecule has 1 amide bonds. The van der Waals surface area contributed by atoms with Crippen molar-refractivity contribution >= 4 is 34.2 Å². The normalized spacial score (nSPS) is 20.4. The number of hydrogen-bond donors (Lipinski definition) is 1. The van der Waals surface area contributed by atoms with Crippen molar-refractivity contribution in [3.05, 3.63) is 34.3 Å². The Morgan fingerprint density at radius 2 is 2.28 bits per heavy atom. The van der Waals surface area contributed by atoms with Crippen LogP contribution < -0.4 is 5.73 Å². The summed E-state index contributed by atoms with van der Waals surface area (Å²) in [6, 6.07) is 7.93. The zero-order valence-electron chi connectivity index (χ0n) is 10.3. The Hall–Kier alpha value is -0.580. The van der Waals surface area contributed by atoms with Crippen LogP contribution in [0.5, 0.6) is 0 Å². The molecule has 0 radical (unpaired) electrons. The van der Waals surface area contributed by atoms with E-state index < -0.39 is 6.04 Å². The topological polar surface area (TPSA) is 46.3 Å². The number of hydrogen-bond acceptors (Lipinski definition) is 2. The fourth-order valence-electron chi connectivity index (χ4n) is 2.35. The summed E-state index contributed by atoms with van der Waals surface area (Å²) >= 11 is 3.47. The predicted molar refractivity (Wildman–Crippen MR) is 78.7 cm³/mol. The lowest BCUT2D eigenvalue weighted by molar-refractivity contribution is -0.133. The molecule has 0 bridgehead atoms. The molecule has 2 atom stereocenters. The highest BCUT2D eigenvalue weighted by atomic mass is 79.9. The van der Waals surface area contributed by atoms with Gasteiger partial charge >= 0.3 is 0 Å². The zero-order chi connectivity index (χ0) is 12.4. The molecule has 0 aliphatic carbocycles. The van der Waals surface area contributed by atoms with Crippen LogP contribution in [0.1, 0.15) is 31.4 Å². The second-order valence-electron chi connectivity index (χ2n) is 4.53. The van der Waals surface area contributed by atoms with E-state index in [1.165, 1.54) is 5.56 Å². The molecular weight excluding hydrogens is 316 g/mol. The van der Waals surface area contributed by atoms with Crippen LogP contribution in [0.4, 0.5) is 0 Å². The van der Waals surface area contributed by atoms with Crippen LogP contribution in [-0.2, 0) is 4.79 Å². The summed E-state index contributed by atoms with van der Waals surface area (Å²) in [6.07, 6.45) is 2.07. The number of nitrogens with zero attached hydrogens (tertiary/aromatic N) is 1. The third-order valence-electron chi connectivity index (χ3n) is 3.16. The van der Waals surface area contributed by atoms with Crippen molar-refractivity contribution in [1.82, 2.24) is 4.90 Å². The number of carbonyl (C=O) groups excluding carboxylic acids is 1. The van der Waals surface area contributed by atoms with Gasteiger partial charge in [0.05, 0.1) is 12.1 Å². The van der Waals surface area contributed by atoms with E-state index in [1.807, 2.05) is 17.0 Å². The molecule has 1 heterocycles. The van der Waals surface area contributed by atoms with Crippen LogP contribution in [0.2, 0.25) is 0 Å². The Morgan fingerprint density at radius 1 is 1.56 bits per heavy atom. The van der Waals surface area contributed by atoms with Crippen molar-refractivity contribution in [2.45, 2.75) is 31.8 Å². The molecule has 1 aromatic rings. The van der Waals surface area contributed by atoms with Gasteiger partial charge in [0.2, 0.25) is 5.91 Å². The average Bonchev–Trinajstić information content (AvgIpc) is 2.76. The van der Waals surface area contributed by atoms with Gasteiger partial charge in [-0.2, -0.15) is 0 Å². The second kappa shape index (κ2) is 6.55. The summed E-state index contributed by atoms with van der Waals surface area (Å²) in [5.41, 5.74) is 6.87. The number of nitrogens with two attached hydrogens (primary N) is 1. The number of benzene rings is 1.